The number of ether oxygens (including phenoxy) is 1. The molecule has 0 aromatic carbocycles. The van der Waals surface area contributed by atoms with E-state index in [0.29, 0.717) is 10.9 Å². The van der Waals surface area contributed by atoms with E-state index < -0.39 is 0 Å². The molecule has 0 radical (unpaired) electrons. The van der Waals surface area contributed by atoms with Crippen molar-refractivity contribution >= 4 is 27.3 Å². The van der Waals surface area contributed by atoms with E-state index in [1.807, 2.05) is 11.3 Å². The third-order valence-electron chi connectivity index (χ3n) is 3.08. The van der Waals surface area contributed by atoms with Crippen LogP contribution in [-0.4, -0.2) is 17.5 Å². The largest absolute Gasteiger partial charge is 0.378 e. The second kappa shape index (κ2) is 6.77. The van der Waals surface area contributed by atoms with Gasteiger partial charge in [-0.1, -0.05) is 22.0 Å². The molecule has 0 amide bonds. The molecule has 0 bridgehead atoms. The van der Waals surface area contributed by atoms with Crippen LogP contribution >= 0.6 is 27.3 Å². The standard InChI is InChI=1S/C13H19BrOS/c14-11(10-13-5-3-9-16-13)6-7-12-4-1-2-8-15-12/h3,5,9,11-12H,1-2,4,6-8,10H2. The molecule has 3 heteroatoms. The van der Waals surface area contributed by atoms with E-state index in [1.54, 1.807) is 0 Å². The van der Waals surface area contributed by atoms with Crippen LogP contribution in [0.1, 0.15) is 37.0 Å². The molecule has 1 aromatic rings. The van der Waals surface area contributed by atoms with E-state index in [2.05, 4.69) is 33.4 Å². The lowest BCUT2D eigenvalue weighted by Crippen LogP contribution is -2.20. The zero-order chi connectivity index (χ0) is 11.2. The van der Waals surface area contributed by atoms with Gasteiger partial charge >= 0.3 is 0 Å². The predicted molar refractivity (Wildman–Crippen MR) is 73.6 cm³/mol. The molecule has 2 rings (SSSR count). The highest BCUT2D eigenvalue weighted by Crippen LogP contribution is 2.23. The van der Waals surface area contributed by atoms with Crippen LogP contribution < -0.4 is 0 Å². The molecule has 0 N–H and O–H groups in total. The van der Waals surface area contributed by atoms with Crippen LogP contribution in [-0.2, 0) is 11.2 Å². The number of hydrogen-bond donors (Lipinski definition) is 0. The SMILES string of the molecule is BrC(CCC1CCCCO1)Cc1cccs1. The van der Waals surface area contributed by atoms with Gasteiger partial charge in [-0.15, -0.1) is 11.3 Å². The van der Waals surface area contributed by atoms with Gasteiger partial charge in [-0.2, -0.15) is 0 Å². The topological polar surface area (TPSA) is 9.23 Å². The fourth-order valence-electron chi connectivity index (χ4n) is 2.15. The van der Waals surface area contributed by atoms with Crippen molar-refractivity contribution in [2.75, 3.05) is 6.61 Å². The molecule has 16 heavy (non-hydrogen) atoms. The lowest BCUT2D eigenvalue weighted by Gasteiger charge is -2.23. The van der Waals surface area contributed by atoms with Gasteiger partial charge in [0.25, 0.3) is 0 Å². The highest BCUT2D eigenvalue weighted by Gasteiger charge is 2.15. The van der Waals surface area contributed by atoms with Crippen molar-refractivity contribution < 1.29 is 4.74 Å². The second-order valence-electron chi connectivity index (χ2n) is 4.45. The first-order chi connectivity index (χ1) is 7.84. The summed E-state index contributed by atoms with van der Waals surface area (Å²) in [5.41, 5.74) is 0. The van der Waals surface area contributed by atoms with E-state index in [9.17, 15) is 0 Å². The summed E-state index contributed by atoms with van der Waals surface area (Å²) in [4.78, 5) is 2.09. The van der Waals surface area contributed by atoms with Crippen LogP contribution in [0.5, 0.6) is 0 Å². The molecule has 1 aliphatic rings. The molecule has 1 nitrogen and oxygen atoms in total. The van der Waals surface area contributed by atoms with Crippen LogP contribution in [0.4, 0.5) is 0 Å². The van der Waals surface area contributed by atoms with Gasteiger partial charge in [-0.3, -0.25) is 0 Å². The van der Waals surface area contributed by atoms with Gasteiger partial charge in [0.1, 0.15) is 0 Å². The molecule has 2 unspecified atom stereocenters. The molecule has 1 saturated heterocycles. The van der Waals surface area contributed by atoms with Crippen molar-refractivity contribution in [2.45, 2.75) is 49.5 Å². The number of rotatable bonds is 5. The zero-order valence-electron chi connectivity index (χ0n) is 9.53. The summed E-state index contributed by atoms with van der Waals surface area (Å²) in [6, 6.07) is 4.35. The van der Waals surface area contributed by atoms with Crippen molar-refractivity contribution in [3.63, 3.8) is 0 Å². The van der Waals surface area contributed by atoms with Crippen molar-refractivity contribution in [3.8, 4) is 0 Å². The van der Waals surface area contributed by atoms with E-state index >= 15 is 0 Å². The molecule has 1 aliphatic heterocycles. The third kappa shape index (κ3) is 4.19. The maximum Gasteiger partial charge on any atom is 0.0575 e. The maximum absolute atomic E-state index is 5.75. The van der Waals surface area contributed by atoms with Gasteiger partial charge in [-0.25, -0.2) is 0 Å². The molecule has 2 heterocycles. The van der Waals surface area contributed by atoms with E-state index in [0.717, 1.165) is 13.0 Å². The fourth-order valence-corrected chi connectivity index (χ4v) is 3.76. The Morgan fingerprint density at radius 3 is 3.12 bits per heavy atom. The smallest absolute Gasteiger partial charge is 0.0575 e. The number of halogens is 1. The highest BCUT2D eigenvalue weighted by atomic mass is 79.9. The Morgan fingerprint density at radius 1 is 1.50 bits per heavy atom. The monoisotopic (exact) mass is 302 g/mol. The Labute approximate surface area is 110 Å². The van der Waals surface area contributed by atoms with Crippen molar-refractivity contribution in [1.29, 1.82) is 0 Å². The van der Waals surface area contributed by atoms with Gasteiger partial charge in [-0.05, 0) is 50.0 Å². The molecule has 0 aliphatic carbocycles. The van der Waals surface area contributed by atoms with Crippen molar-refractivity contribution in [2.24, 2.45) is 0 Å². The number of thiophene rings is 1. The van der Waals surface area contributed by atoms with Crippen LogP contribution in [0.15, 0.2) is 17.5 Å². The molecular formula is C13H19BrOS. The minimum atomic E-state index is 0.525. The van der Waals surface area contributed by atoms with Gasteiger partial charge in [0.2, 0.25) is 0 Å². The Bertz CT molecular complexity index is 280. The molecule has 0 spiro atoms. The first-order valence-electron chi connectivity index (χ1n) is 6.12. The summed E-state index contributed by atoms with van der Waals surface area (Å²) in [6.07, 6.45) is 7.98. The maximum atomic E-state index is 5.75. The van der Waals surface area contributed by atoms with E-state index in [-0.39, 0.29) is 0 Å². The van der Waals surface area contributed by atoms with E-state index in [4.69, 9.17) is 4.74 Å². The summed E-state index contributed by atoms with van der Waals surface area (Å²) < 4.78 is 5.75. The van der Waals surface area contributed by atoms with E-state index in [1.165, 1.54) is 37.0 Å². The lowest BCUT2D eigenvalue weighted by atomic mass is 10.0. The van der Waals surface area contributed by atoms with Gasteiger partial charge in [0, 0.05) is 16.3 Å². The third-order valence-corrected chi connectivity index (χ3v) is 4.76. The van der Waals surface area contributed by atoms with Crippen molar-refractivity contribution in [1.82, 2.24) is 0 Å². The average molecular weight is 303 g/mol. The van der Waals surface area contributed by atoms with Crippen LogP contribution in [0.25, 0.3) is 0 Å². The normalized spacial score (nSPS) is 23.2. The fraction of sp³-hybridized carbons (Fsp3) is 0.692. The van der Waals surface area contributed by atoms with Gasteiger partial charge < -0.3 is 4.74 Å². The first-order valence-corrected chi connectivity index (χ1v) is 7.92. The van der Waals surface area contributed by atoms with Gasteiger partial charge in [0.05, 0.1) is 6.10 Å². The summed E-state index contributed by atoms with van der Waals surface area (Å²) in [7, 11) is 0. The molecule has 1 aromatic heterocycles. The highest BCUT2D eigenvalue weighted by molar-refractivity contribution is 9.09. The van der Waals surface area contributed by atoms with Gasteiger partial charge in [0.15, 0.2) is 0 Å². The average Bonchev–Trinajstić information content (AvgIpc) is 2.81. The Hall–Kier alpha value is 0.140. The molecule has 2 atom stereocenters. The zero-order valence-corrected chi connectivity index (χ0v) is 11.9. The quantitative estimate of drug-likeness (QED) is 0.732. The van der Waals surface area contributed by atoms with Crippen LogP contribution in [0, 0.1) is 0 Å². The van der Waals surface area contributed by atoms with Crippen LogP contribution in [0.3, 0.4) is 0 Å². The lowest BCUT2D eigenvalue weighted by molar-refractivity contribution is 0.0102. The molecule has 90 valence electrons. The Balaban J connectivity index is 1.65. The summed E-state index contributed by atoms with van der Waals surface area (Å²) >= 11 is 5.63. The second-order valence-corrected chi connectivity index (χ2v) is 6.77. The number of hydrogen-bond acceptors (Lipinski definition) is 2. The number of alkyl halides is 1. The first kappa shape index (κ1) is 12.6. The minimum absolute atomic E-state index is 0.525. The molecule has 1 fully saturated rings. The predicted octanol–water partition coefficient (Wildman–Crippen LogP) is 4.40. The minimum Gasteiger partial charge on any atom is -0.378 e. The molecule has 0 saturated carbocycles. The summed E-state index contributed by atoms with van der Waals surface area (Å²) in [5, 5.41) is 2.15. The van der Waals surface area contributed by atoms with Crippen LogP contribution in [0.2, 0.25) is 0 Å². The summed E-state index contributed by atoms with van der Waals surface area (Å²) in [5.74, 6) is 0. The Morgan fingerprint density at radius 2 is 2.44 bits per heavy atom. The summed E-state index contributed by atoms with van der Waals surface area (Å²) in [6.45, 7) is 0.975. The molecular weight excluding hydrogens is 284 g/mol. The van der Waals surface area contributed by atoms with Crippen molar-refractivity contribution in [3.05, 3.63) is 22.4 Å². The Kier molecular flexibility index (Phi) is 5.33.